The molecule has 1 aliphatic heterocycles. The van der Waals surface area contributed by atoms with Crippen molar-refractivity contribution in [1.29, 1.82) is 0 Å². The van der Waals surface area contributed by atoms with Crippen molar-refractivity contribution in [2.75, 3.05) is 33.3 Å². The highest BCUT2D eigenvalue weighted by atomic mass is 32.2. The van der Waals surface area contributed by atoms with Crippen LogP contribution in [0.5, 0.6) is 5.88 Å². The number of rotatable bonds is 5. The number of nitro groups is 1. The Balaban J connectivity index is 1.77. The summed E-state index contributed by atoms with van der Waals surface area (Å²) in [5.74, 6) is -0.116. The lowest BCUT2D eigenvalue weighted by Gasteiger charge is -2.34. The summed E-state index contributed by atoms with van der Waals surface area (Å²) in [5, 5.41) is 11.2. The Labute approximate surface area is 161 Å². The molecule has 1 fully saturated rings. The van der Waals surface area contributed by atoms with Gasteiger partial charge in [-0.1, -0.05) is 12.1 Å². The van der Waals surface area contributed by atoms with E-state index in [1.165, 1.54) is 36.4 Å². The van der Waals surface area contributed by atoms with Gasteiger partial charge in [-0.2, -0.15) is 4.31 Å². The minimum absolute atomic E-state index is 0.0305. The first-order chi connectivity index (χ1) is 13.4. The SMILES string of the molecule is COc1ncccc1C(=O)N1CCN(S(=O)(=O)c2ccccc2[N+](=O)[O-])CC1. The molecule has 2 aromatic rings. The number of benzene rings is 1. The van der Waals surface area contributed by atoms with Gasteiger partial charge in [0.05, 0.1) is 12.0 Å². The number of ether oxygens (including phenoxy) is 1. The summed E-state index contributed by atoms with van der Waals surface area (Å²) in [5.41, 5.74) is -0.180. The molecule has 148 valence electrons. The average Bonchev–Trinajstić information content (AvgIpc) is 2.73. The van der Waals surface area contributed by atoms with E-state index in [-0.39, 0.29) is 42.9 Å². The Bertz CT molecular complexity index is 1000. The molecule has 0 unspecified atom stereocenters. The minimum atomic E-state index is -4.05. The van der Waals surface area contributed by atoms with E-state index >= 15 is 0 Å². The van der Waals surface area contributed by atoms with Crippen LogP contribution in [0.3, 0.4) is 0 Å². The molecule has 0 radical (unpaired) electrons. The molecule has 11 heteroatoms. The van der Waals surface area contributed by atoms with Crippen LogP contribution in [0.25, 0.3) is 0 Å². The van der Waals surface area contributed by atoms with Crippen LogP contribution in [0.2, 0.25) is 0 Å². The van der Waals surface area contributed by atoms with E-state index in [0.29, 0.717) is 5.56 Å². The summed E-state index contributed by atoms with van der Waals surface area (Å²) >= 11 is 0. The molecule has 2 heterocycles. The van der Waals surface area contributed by atoms with Crippen LogP contribution in [-0.2, 0) is 10.0 Å². The first-order valence-corrected chi connectivity index (χ1v) is 9.82. The number of hydrogen-bond acceptors (Lipinski definition) is 7. The van der Waals surface area contributed by atoms with Crippen LogP contribution in [0.15, 0.2) is 47.5 Å². The number of nitro benzene ring substituents is 1. The second-order valence-corrected chi connectivity index (χ2v) is 7.89. The van der Waals surface area contributed by atoms with Crippen molar-refractivity contribution in [3.8, 4) is 5.88 Å². The van der Waals surface area contributed by atoms with Crippen LogP contribution < -0.4 is 4.74 Å². The Kier molecular flexibility index (Phi) is 5.56. The molecule has 0 spiro atoms. The molecule has 1 aromatic heterocycles. The molecule has 1 saturated heterocycles. The second-order valence-electron chi connectivity index (χ2n) is 5.98. The molecule has 0 saturated carbocycles. The van der Waals surface area contributed by atoms with Crippen molar-refractivity contribution in [2.24, 2.45) is 0 Å². The topological polar surface area (TPSA) is 123 Å². The normalized spacial score (nSPS) is 15.2. The predicted octanol–water partition coefficient (Wildman–Crippen LogP) is 1.15. The number of para-hydroxylation sites is 1. The van der Waals surface area contributed by atoms with E-state index in [1.54, 1.807) is 12.1 Å². The summed E-state index contributed by atoms with van der Waals surface area (Å²) in [6.45, 7) is 0.360. The maximum atomic E-state index is 12.8. The first kappa shape index (κ1) is 19.7. The zero-order valence-electron chi connectivity index (χ0n) is 15.0. The summed E-state index contributed by atoms with van der Waals surface area (Å²) in [4.78, 5) is 28.3. The number of methoxy groups -OCH3 is 1. The molecule has 0 aliphatic carbocycles. The number of nitrogens with zero attached hydrogens (tertiary/aromatic N) is 4. The number of piperazine rings is 1. The molecular formula is C17H18N4O6S. The standard InChI is InChI=1S/C17H18N4O6S/c1-27-16-13(5-4-8-18-16)17(22)19-9-11-20(12-10-19)28(25,26)15-7-3-2-6-14(15)21(23)24/h2-8H,9-12H2,1H3. The number of carbonyl (C=O) groups excluding carboxylic acids is 1. The van der Waals surface area contributed by atoms with Gasteiger partial charge in [0, 0.05) is 38.4 Å². The zero-order valence-corrected chi connectivity index (χ0v) is 15.8. The maximum absolute atomic E-state index is 12.8. The van der Waals surface area contributed by atoms with Gasteiger partial charge >= 0.3 is 0 Å². The van der Waals surface area contributed by atoms with E-state index in [2.05, 4.69) is 4.98 Å². The third-order valence-electron chi connectivity index (χ3n) is 4.40. The Morgan fingerprint density at radius 1 is 1.14 bits per heavy atom. The Morgan fingerprint density at radius 2 is 1.82 bits per heavy atom. The Morgan fingerprint density at radius 3 is 2.46 bits per heavy atom. The average molecular weight is 406 g/mol. The molecule has 28 heavy (non-hydrogen) atoms. The van der Waals surface area contributed by atoms with Gasteiger partial charge in [-0.3, -0.25) is 14.9 Å². The van der Waals surface area contributed by atoms with Gasteiger partial charge < -0.3 is 9.64 Å². The molecular weight excluding hydrogens is 388 g/mol. The van der Waals surface area contributed by atoms with Gasteiger partial charge in [-0.05, 0) is 18.2 Å². The van der Waals surface area contributed by atoms with Gasteiger partial charge in [0.1, 0.15) is 5.56 Å². The smallest absolute Gasteiger partial charge is 0.289 e. The van der Waals surface area contributed by atoms with Crippen LogP contribution in [0.1, 0.15) is 10.4 Å². The van der Waals surface area contributed by atoms with E-state index in [4.69, 9.17) is 4.74 Å². The lowest BCUT2D eigenvalue weighted by Crippen LogP contribution is -2.50. The van der Waals surface area contributed by atoms with Crippen molar-refractivity contribution in [2.45, 2.75) is 4.90 Å². The van der Waals surface area contributed by atoms with Crippen LogP contribution in [0, 0.1) is 10.1 Å². The molecule has 0 bridgehead atoms. The van der Waals surface area contributed by atoms with Crippen molar-refractivity contribution in [3.63, 3.8) is 0 Å². The van der Waals surface area contributed by atoms with Gasteiger partial charge in [0.15, 0.2) is 4.90 Å². The van der Waals surface area contributed by atoms with Gasteiger partial charge in [0.25, 0.3) is 11.6 Å². The van der Waals surface area contributed by atoms with Crippen molar-refractivity contribution in [3.05, 3.63) is 58.3 Å². The van der Waals surface area contributed by atoms with E-state index in [9.17, 15) is 23.3 Å². The molecule has 0 N–H and O–H groups in total. The highest BCUT2D eigenvalue weighted by Crippen LogP contribution is 2.27. The number of aromatic nitrogens is 1. The molecule has 0 atom stereocenters. The van der Waals surface area contributed by atoms with Crippen molar-refractivity contribution >= 4 is 21.6 Å². The maximum Gasteiger partial charge on any atom is 0.289 e. The summed E-state index contributed by atoms with van der Waals surface area (Å²) in [7, 11) is -2.63. The summed E-state index contributed by atoms with van der Waals surface area (Å²) in [6.07, 6.45) is 1.51. The Hall–Kier alpha value is -3.05. The number of amides is 1. The quantitative estimate of drug-likeness (QED) is 0.539. The lowest BCUT2D eigenvalue weighted by molar-refractivity contribution is -0.387. The lowest BCUT2D eigenvalue weighted by atomic mass is 10.2. The molecule has 10 nitrogen and oxygen atoms in total. The number of hydrogen-bond donors (Lipinski definition) is 0. The van der Waals surface area contributed by atoms with Gasteiger partial charge in [-0.15, -0.1) is 0 Å². The molecule has 1 amide bonds. The monoisotopic (exact) mass is 406 g/mol. The van der Waals surface area contributed by atoms with E-state index < -0.39 is 20.6 Å². The minimum Gasteiger partial charge on any atom is -0.480 e. The largest absolute Gasteiger partial charge is 0.480 e. The number of sulfonamides is 1. The van der Waals surface area contributed by atoms with Crippen molar-refractivity contribution < 1.29 is 22.9 Å². The predicted molar refractivity (Wildman–Crippen MR) is 98.5 cm³/mol. The fraction of sp³-hybridized carbons (Fsp3) is 0.294. The van der Waals surface area contributed by atoms with Crippen LogP contribution in [-0.4, -0.2) is 66.7 Å². The third kappa shape index (κ3) is 3.66. The fourth-order valence-corrected chi connectivity index (χ4v) is 4.56. The molecule has 3 rings (SSSR count). The number of pyridine rings is 1. The first-order valence-electron chi connectivity index (χ1n) is 8.38. The summed E-state index contributed by atoms with van der Waals surface area (Å²) in [6, 6.07) is 8.42. The fourth-order valence-electron chi connectivity index (χ4n) is 2.98. The van der Waals surface area contributed by atoms with Gasteiger partial charge in [-0.25, -0.2) is 13.4 Å². The van der Waals surface area contributed by atoms with Gasteiger partial charge in [0.2, 0.25) is 15.9 Å². The molecule has 1 aromatic carbocycles. The third-order valence-corrected chi connectivity index (χ3v) is 6.35. The number of carbonyl (C=O) groups is 1. The highest BCUT2D eigenvalue weighted by Gasteiger charge is 2.35. The van der Waals surface area contributed by atoms with E-state index in [0.717, 1.165) is 10.4 Å². The highest BCUT2D eigenvalue weighted by molar-refractivity contribution is 7.89. The van der Waals surface area contributed by atoms with Crippen LogP contribution in [0.4, 0.5) is 5.69 Å². The second kappa shape index (κ2) is 7.90. The zero-order chi connectivity index (χ0) is 20.3. The molecule has 1 aliphatic rings. The van der Waals surface area contributed by atoms with Crippen LogP contribution >= 0.6 is 0 Å². The van der Waals surface area contributed by atoms with Crippen molar-refractivity contribution in [1.82, 2.24) is 14.2 Å². The van der Waals surface area contributed by atoms with E-state index in [1.807, 2.05) is 0 Å². The summed E-state index contributed by atoms with van der Waals surface area (Å²) < 4.78 is 31.9.